The summed E-state index contributed by atoms with van der Waals surface area (Å²) in [6.45, 7) is 4.99. The van der Waals surface area contributed by atoms with Gasteiger partial charge in [-0.2, -0.15) is 0 Å². The van der Waals surface area contributed by atoms with Crippen molar-refractivity contribution in [3.63, 3.8) is 0 Å². The number of aromatic nitrogens is 3. The summed E-state index contributed by atoms with van der Waals surface area (Å²) in [5.74, 6) is 0.668. The number of hydrogen-bond donors (Lipinski definition) is 2. The fraction of sp³-hybridized carbons (Fsp3) is 0.263. The van der Waals surface area contributed by atoms with E-state index in [4.69, 9.17) is 10.3 Å². The van der Waals surface area contributed by atoms with E-state index in [0.29, 0.717) is 29.2 Å². The Bertz CT molecular complexity index is 899. The molecule has 0 atom stereocenters. The van der Waals surface area contributed by atoms with E-state index >= 15 is 0 Å². The third-order valence-corrected chi connectivity index (χ3v) is 4.12. The van der Waals surface area contributed by atoms with E-state index in [1.807, 2.05) is 31.3 Å². The van der Waals surface area contributed by atoms with E-state index in [9.17, 15) is 4.79 Å². The molecule has 0 aliphatic carbocycles. The summed E-state index contributed by atoms with van der Waals surface area (Å²) in [5, 5.41) is 6.68. The summed E-state index contributed by atoms with van der Waals surface area (Å²) in [4.78, 5) is 22.5. The number of aryl methyl sites for hydroxylation is 2. The van der Waals surface area contributed by atoms with E-state index in [0.717, 1.165) is 17.7 Å². The van der Waals surface area contributed by atoms with Crippen LogP contribution in [0.5, 0.6) is 0 Å². The summed E-state index contributed by atoms with van der Waals surface area (Å²) >= 11 is 0. The highest BCUT2D eigenvalue weighted by atomic mass is 16.5. The van der Waals surface area contributed by atoms with Gasteiger partial charge in [0.1, 0.15) is 11.4 Å². The molecular weight excluding hydrogens is 344 g/mol. The summed E-state index contributed by atoms with van der Waals surface area (Å²) in [6.07, 6.45) is 3.45. The molecule has 140 valence electrons. The van der Waals surface area contributed by atoms with Gasteiger partial charge in [-0.05, 0) is 38.6 Å². The molecule has 8 nitrogen and oxygen atoms in total. The molecule has 0 spiro atoms. The van der Waals surface area contributed by atoms with Crippen molar-refractivity contribution in [1.29, 1.82) is 0 Å². The zero-order chi connectivity index (χ0) is 19.4. The van der Waals surface area contributed by atoms with Crippen molar-refractivity contribution < 1.29 is 9.32 Å². The molecule has 3 aromatic rings. The van der Waals surface area contributed by atoms with Crippen LogP contribution in [0.3, 0.4) is 0 Å². The van der Waals surface area contributed by atoms with Gasteiger partial charge in [-0.1, -0.05) is 17.3 Å². The molecule has 0 radical (unpaired) electrons. The highest BCUT2D eigenvalue weighted by molar-refractivity contribution is 6.04. The maximum Gasteiger partial charge on any atom is 0.255 e. The number of amides is 1. The fourth-order valence-corrected chi connectivity index (χ4v) is 2.73. The summed E-state index contributed by atoms with van der Waals surface area (Å²) < 4.78 is 5.06. The van der Waals surface area contributed by atoms with Crippen molar-refractivity contribution >= 4 is 17.5 Å². The Hall–Kier alpha value is -3.26. The number of carbonyl (C=O) groups is 1. The smallest absolute Gasteiger partial charge is 0.255 e. The first-order valence-corrected chi connectivity index (χ1v) is 8.50. The van der Waals surface area contributed by atoms with Crippen molar-refractivity contribution in [2.45, 2.75) is 26.9 Å². The molecule has 0 aliphatic heterocycles. The molecule has 2 heterocycles. The van der Waals surface area contributed by atoms with Crippen LogP contribution in [0.2, 0.25) is 0 Å². The number of hydrogen-bond acceptors (Lipinski definition) is 7. The van der Waals surface area contributed by atoms with Crippen LogP contribution in [-0.2, 0) is 13.1 Å². The molecule has 3 rings (SSSR count). The van der Waals surface area contributed by atoms with Crippen molar-refractivity contribution in [2.24, 2.45) is 0 Å². The molecule has 1 amide bonds. The van der Waals surface area contributed by atoms with Gasteiger partial charge in [0, 0.05) is 36.6 Å². The number of nitrogen functional groups attached to an aromatic ring is 1. The van der Waals surface area contributed by atoms with E-state index < -0.39 is 0 Å². The SMILES string of the molecule is Cc1noc(C)c1NC(=O)c1ccc(CN(C)Cc2cnc(N)nc2)cc1. The van der Waals surface area contributed by atoms with Crippen LogP contribution < -0.4 is 11.1 Å². The maximum absolute atomic E-state index is 12.4. The van der Waals surface area contributed by atoms with E-state index in [1.54, 1.807) is 26.2 Å². The van der Waals surface area contributed by atoms with E-state index in [1.165, 1.54) is 0 Å². The van der Waals surface area contributed by atoms with Crippen LogP contribution in [0.4, 0.5) is 11.6 Å². The third kappa shape index (κ3) is 4.68. The maximum atomic E-state index is 12.4. The molecule has 8 heteroatoms. The summed E-state index contributed by atoms with van der Waals surface area (Å²) in [6, 6.07) is 7.50. The Balaban J connectivity index is 1.59. The largest absolute Gasteiger partial charge is 0.368 e. The minimum Gasteiger partial charge on any atom is -0.368 e. The first-order chi connectivity index (χ1) is 12.9. The van der Waals surface area contributed by atoms with Gasteiger partial charge in [0.05, 0.1) is 0 Å². The molecule has 0 aliphatic rings. The Labute approximate surface area is 157 Å². The second kappa shape index (κ2) is 7.96. The summed E-state index contributed by atoms with van der Waals surface area (Å²) in [7, 11) is 2.01. The lowest BCUT2D eigenvalue weighted by Gasteiger charge is -2.16. The van der Waals surface area contributed by atoms with Gasteiger partial charge in [0.25, 0.3) is 5.91 Å². The second-order valence-electron chi connectivity index (χ2n) is 6.47. The predicted molar refractivity (Wildman–Crippen MR) is 102 cm³/mol. The van der Waals surface area contributed by atoms with Gasteiger partial charge in [-0.15, -0.1) is 0 Å². The zero-order valence-electron chi connectivity index (χ0n) is 15.6. The number of benzene rings is 1. The van der Waals surface area contributed by atoms with Gasteiger partial charge < -0.3 is 15.6 Å². The molecule has 1 aromatic carbocycles. The molecule has 0 saturated carbocycles. The minimum atomic E-state index is -0.191. The monoisotopic (exact) mass is 366 g/mol. The Morgan fingerprint density at radius 2 is 1.74 bits per heavy atom. The lowest BCUT2D eigenvalue weighted by atomic mass is 10.1. The molecule has 0 unspecified atom stereocenters. The topological polar surface area (TPSA) is 110 Å². The van der Waals surface area contributed by atoms with Crippen LogP contribution in [0, 0.1) is 13.8 Å². The minimum absolute atomic E-state index is 0.191. The van der Waals surface area contributed by atoms with Crippen molar-refractivity contribution in [3.8, 4) is 0 Å². The molecule has 3 N–H and O–H groups in total. The van der Waals surface area contributed by atoms with E-state index in [-0.39, 0.29) is 11.9 Å². The van der Waals surface area contributed by atoms with Crippen molar-refractivity contribution in [2.75, 3.05) is 18.1 Å². The normalized spacial score (nSPS) is 11.0. The van der Waals surface area contributed by atoms with Crippen LogP contribution in [0.15, 0.2) is 41.2 Å². The van der Waals surface area contributed by atoms with Gasteiger partial charge in [0.15, 0.2) is 5.76 Å². The van der Waals surface area contributed by atoms with Gasteiger partial charge in [-0.25, -0.2) is 9.97 Å². The van der Waals surface area contributed by atoms with E-state index in [2.05, 4.69) is 25.3 Å². The summed E-state index contributed by atoms with van der Waals surface area (Å²) in [5.41, 5.74) is 9.44. The molecular formula is C19H22N6O2. The number of rotatable bonds is 6. The fourth-order valence-electron chi connectivity index (χ4n) is 2.73. The quantitative estimate of drug-likeness (QED) is 0.690. The Kier molecular flexibility index (Phi) is 5.46. The highest BCUT2D eigenvalue weighted by Gasteiger charge is 2.14. The Morgan fingerprint density at radius 3 is 2.33 bits per heavy atom. The molecule has 0 bridgehead atoms. The lowest BCUT2D eigenvalue weighted by molar-refractivity contribution is 0.102. The zero-order valence-corrected chi connectivity index (χ0v) is 15.6. The number of carbonyl (C=O) groups excluding carboxylic acids is 1. The standard InChI is InChI=1S/C19H22N6O2/c1-12-17(13(2)27-24-12)23-18(26)16-6-4-14(5-7-16)10-25(3)11-15-8-21-19(20)22-9-15/h4-9H,10-11H2,1-3H3,(H,23,26)(H2,20,21,22). The molecule has 2 aromatic heterocycles. The van der Waals surface area contributed by atoms with Crippen LogP contribution in [0.25, 0.3) is 0 Å². The van der Waals surface area contributed by atoms with Crippen molar-refractivity contribution in [3.05, 3.63) is 64.8 Å². The van der Waals surface area contributed by atoms with Crippen molar-refractivity contribution in [1.82, 2.24) is 20.0 Å². The van der Waals surface area contributed by atoms with Crippen LogP contribution >= 0.6 is 0 Å². The first kappa shape index (κ1) is 18.5. The molecule has 0 fully saturated rings. The van der Waals surface area contributed by atoms with Gasteiger partial charge in [0.2, 0.25) is 5.95 Å². The highest BCUT2D eigenvalue weighted by Crippen LogP contribution is 2.20. The lowest BCUT2D eigenvalue weighted by Crippen LogP contribution is -2.18. The third-order valence-electron chi connectivity index (χ3n) is 4.12. The average Bonchev–Trinajstić information content (AvgIpc) is 2.96. The van der Waals surface area contributed by atoms with Crippen LogP contribution in [-0.4, -0.2) is 33.0 Å². The number of nitrogens with one attached hydrogen (secondary N) is 1. The van der Waals surface area contributed by atoms with Gasteiger partial charge in [-0.3, -0.25) is 9.69 Å². The van der Waals surface area contributed by atoms with Gasteiger partial charge >= 0.3 is 0 Å². The van der Waals surface area contributed by atoms with Crippen LogP contribution in [0.1, 0.15) is 32.9 Å². The molecule has 27 heavy (non-hydrogen) atoms. The number of nitrogens with two attached hydrogens (primary N) is 1. The average molecular weight is 366 g/mol. The predicted octanol–water partition coefficient (Wildman–Crippen LogP) is 2.55. The number of anilines is 2. The first-order valence-electron chi connectivity index (χ1n) is 8.50. The molecule has 0 saturated heterocycles. The number of nitrogens with zero attached hydrogens (tertiary/aromatic N) is 4. The second-order valence-corrected chi connectivity index (χ2v) is 6.47. The Morgan fingerprint density at radius 1 is 1.11 bits per heavy atom.